The molecule has 2 fully saturated rings. The van der Waals surface area contributed by atoms with Crippen LogP contribution in [0.1, 0.15) is 49.5 Å². The van der Waals surface area contributed by atoms with Crippen molar-refractivity contribution in [1.29, 1.82) is 0 Å². The van der Waals surface area contributed by atoms with Crippen LogP contribution in [0, 0.1) is 12.8 Å². The van der Waals surface area contributed by atoms with Crippen LogP contribution in [0.2, 0.25) is 0 Å². The zero-order valence-electron chi connectivity index (χ0n) is 10.9. The molecule has 1 aliphatic heterocycles. The number of aromatic nitrogens is 1. The number of carbonyl (C=O) groups excluding carboxylic acids is 1. The molecule has 0 bridgehead atoms. The lowest BCUT2D eigenvalue weighted by molar-refractivity contribution is -0.139. The standard InChI is InChI=1S/C15H20N2O/c1-11-5-2-8-13(16-11)14-9-4-10-17(14)15(18)12-6-3-7-12/h2,5,8,12,14H,3-4,6-7,9-10H2,1H3/t14-/m1/s1. The van der Waals surface area contributed by atoms with Crippen molar-refractivity contribution in [3.05, 3.63) is 29.6 Å². The topological polar surface area (TPSA) is 33.2 Å². The Balaban J connectivity index is 1.80. The molecule has 0 unspecified atom stereocenters. The summed E-state index contributed by atoms with van der Waals surface area (Å²) in [7, 11) is 0. The van der Waals surface area contributed by atoms with E-state index in [1.54, 1.807) is 0 Å². The largest absolute Gasteiger partial charge is 0.334 e. The predicted octanol–water partition coefficient (Wildman–Crippen LogP) is 2.85. The van der Waals surface area contributed by atoms with E-state index in [0.717, 1.165) is 43.6 Å². The zero-order chi connectivity index (χ0) is 12.5. The molecule has 2 aliphatic rings. The van der Waals surface area contributed by atoms with E-state index in [9.17, 15) is 4.79 Å². The van der Waals surface area contributed by atoms with Crippen LogP contribution in [0.15, 0.2) is 18.2 Å². The fourth-order valence-electron chi connectivity index (χ4n) is 2.98. The lowest BCUT2D eigenvalue weighted by atomic mass is 9.84. The van der Waals surface area contributed by atoms with Gasteiger partial charge in [-0.05, 0) is 44.7 Å². The molecule has 0 radical (unpaired) electrons. The summed E-state index contributed by atoms with van der Waals surface area (Å²) in [6.45, 7) is 2.92. The van der Waals surface area contributed by atoms with E-state index in [2.05, 4.69) is 16.0 Å². The average Bonchev–Trinajstić information content (AvgIpc) is 2.75. The molecule has 1 saturated carbocycles. The van der Waals surface area contributed by atoms with Gasteiger partial charge in [0.1, 0.15) is 0 Å². The Morgan fingerprint density at radius 3 is 2.78 bits per heavy atom. The molecule has 3 rings (SSSR count). The number of hydrogen-bond donors (Lipinski definition) is 0. The smallest absolute Gasteiger partial charge is 0.226 e. The van der Waals surface area contributed by atoms with Crippen molar-refractivity contribution in [2.24, 2.45) is 5.92 Å². The minimum Gasteiger partial charge on any atom is -0.334 e. The molecule has 1 aliphatic carbocycles. The van der Waals surface area contributed by atoms with Gasteiger partial charge in [0.25, 0.3) is 0 Å². The van der Waals surface area contributed by atoms with Gasteiger partial charge in [0, 0.05) is 18.2 Å². The SMILES string of the molecule is Cc1cccc([C@H]2CCCN2C(=O)C2CCC2)n1. The van der Waals surface area contributed by atoms with Crippen LogP contribution < -0.4 is 0 Å². The van der Waals surface area contributed by atoms with Gasteiger partial charge in [-0.1, -0.05) is 12.5 Å². The van der Waals surface area contributed by atoms with E-state index in [4.69, 9.17) is 0 Å². The van der Waals surface area contributed by atoms with Crippen molar-refractivity contribution in [2.75, 3.05) is 6.54 Å². The lowest BCUT2D eigenvalue weighted by Gasteiger charge is -2.32. The summed E-state index contributed by atoms with van der Waals surface area (Å²) < 4.78 is 0. The number of pyridine rings is 1. The van der Waals surface area contributed by atoms with Gasteiger partial charge in [0.15, 0.2) is 0 Å². The normalized spacial score (nSPS) is 24.1. The number of amides is 1. The molecule has 0 aromatic carbocycles. The molecule has 1 aromatic heterocycles. The third kappa shape index (κ3) is 2.02. The monoisotopic (exact) mass is 244 g/mol. The minimum atomic E-state index is 0.220. The summed E-state index contributed by atoms with van der Waals surface area (Å²) in [5.74, 6) is 0.669. The molecule has 3 nitrogen and oxygen atoms in total. The van der Waals surface area contributed by atoms with Crippen LogP contribution in [0.4, 0.5) is 0 Å². The Kier molecular flexibility index (Phi) is 3.06. The van der Waals surface area contributed by atoms with Gasteiger partial charge in [-0.3, -0.25) is 9.78 Å². The van der Waals surface area contributed by atoms with Gasteiger partial charge >= 0.3 is 0 Å². The van der Waals surface area contributed by atoms with E-state index in [-0.39, 0.29) is 6.04 Å². The van der Waals surface area contributed by atoms with Crippen molar-refractivity contribution in [3.8, 4) is 0 Å². The summed E-state index contributed by atoms with van der Waals surface area (Å²) in [6, 6.07) is 6.33. The first-order valence-electron chi connectivity index (χ1n) is 7.00. The van der Waals surface area contributed by atoms with E-state index < -0.39 is 0 Å². The number of aryl methyl sites for hydroxylation is 1. The molecule has 96 valence electrons. The Morgan fingerprint density at radius 1 is 1.28 bits per heavy atom. The molecule has 1 amide bonds. The Bertz CT molecular complexity index is 454. The molecule has 2 heterocycles. The highest BCUT2D eigenvalue weighted by Gasteiger charge is 2.36. The Labute approximate surface area is 108 Å². The van der Waals surface area contributed by atoms with Gasteiger partial charge in [-0.15, -0.1) is 0 Å². The molecular weight excluding hydrogens is 224 g/mol. The highest BCUT2D eigenvalue weighted by Crippen LogP contribution is 2.36. The number of nitrogens with zero attached hydrogens (tertiary/aromatic N) is 2. The molecule has 1 aromatic rings. The summed E-state index contributed by atoms with van der Waals surface area (Å²) >= 11 is 0. The van der Waals surface area contributed by atoms with E-state index in [0.29, 0.717) is 11.8 Å². The third-order valence-corrected chi connectivity index (χ3v) is 4.24. The van der Waals surface area contributed by atoms with Crippen molar-refractivity contribution in [3.63, 3.8) is 0 Å². The molecule has 0 N–H and O–H groups in total. The first kappa shape index (κ1) is 11.7. The van der Waals surface area contributed by atoms with Gasteiger partial charge in [0.05, 0.1) is 11.7 Å². The Hall–Kier alpha value is -1.38. The number of rotatable bonds is 2. The number of carbonyl (C=O) groups is 1. The van der Waals surface area contributed by atoms with Crippen LogP contribution in [0.3, 0.4) is 0 Å². The fraction of sp³-hybridized carbons (Fsp3) is 0.600. The van der Waals surface area contributed by atoms with Crippen molar-refractivity contribution >= 4 is 5.91 Å². The van der Waals surface area contributed by atoms with E-state index in [1.165, 1.54) is 6.42 Å². The van der Waals surface area contributed by atoms with E-state index in [1.807, 2.05) is 19.1 Å². The first-order valence-corrected chi connectivity index (χ1v) is 7.00. The second kappa shape index (κ2) is 4.71. The maximum atomic E-state index is 12.4. The maximum Gasteiger partial charge on any atom is 0.226 e. The molecule has 3 heteroatoms. The van der Waals surface area contributed by atoms with Crippen LogP contribution in [-0.4, -0.2) is 22.3 Å². The minimum absolute atomic E-state index is 0.220. The number of hydrogen-bond acceptors (Lipinski definition) is 2. The molecule has 1 atom stereocenters. The quantitative estimate of drug-likeness (QED) is 0.801. The Morgan fingerprint density at radius 2 is 2.11 bits per heavy atom. The summed E-state index contributed by atoms with van der Waals surface area (Å²) in [4.78, 5) is 19.1. The molecular formula is C15H20N2O. The molecule has 0 spiro atoms. The first-order chi connectivity index (χ1) is 8.75. The lowest BCUT2D eigenvalue weighted by Crippen LogP contribution is -2.38. The highest BCUT2D eigenvalue weighted by molar-refractivity contribution is 5.80. The van der Waals surface area contributed by atoms with Crippen LogP contribution in [-0.2, 0) is 4.79 Å². The highest BCUT2D eigenvalue weighted by atomic mass is 16.2. The second-order valence-corrected chi connectivity index (χ2v) is 5.52. The van der Waals surface area contributed by atoms with Crippen LogP contribution >= 0.6 is 0 Å². The van der Waals surface area contributed by atoms with Crippen LogP contribution in [0.25, 0.3) is 0 Å². The van der Waals surface area contributed by atoms with Crippen molar-refractivity contribution in [1.82, 2.24) is 9.88 Å². The van der Waals surface area contributed by atoms with Gasteiger partial charge < -0.3 is 4.90 Å². The molecule has 18 heavy (non-hydrogen) atoms. The predicted molar refractivity (Wildman–Crippen MR) is 70.0 cm³/mol. The molecule has 1 saturated heterocycles. The van der Waals surface area contributed by atoms with Gasteiger partial charge in [-0.2, -0.15) is 0 Å². The summed E-state index contributed by atoms with van der Waals surface area (Å²) in [5, 5.41) is 0. The fourth-order valence-corrected chi connectivity index (χ4v) is 2.98. The van der Waals surface area contributed by atoms with Crippen LogP contribution in [0.5, 0.6) is 0 Å². The maximum absolute atomic E-state index is 12.4. The zero-order valence-corrected chi connectivity index (χ0v) is 10.9. The number of likely N-dealkylation sites (tertiary alicyclic amines) is 1. The third-order valence-electron chi connectivity index (χ3n) is 4.24. The van der Waals surface area contributed by atoms with E-state index >= 15 is 0 Å². The second-order valence-electron chi connectivity index (χ2n) is 5.52. The van der Waals surface area contributed by atoms with Crippen molar-refractivity contribution < 1.29 is 4.79 Å². The summed E-state index contributed by atoms with van der Waals surface area (Å²) in [6.07, 6.45) is 5.57. The van der Waals surface area contributed by atoms with Gasteiger partial charge in [-0.25, -0.2) is 0 Å². The van der Waals surface area contributed by atoms with Crippen molar-refractivity contribution in [2.45, 2.75) is 45.1 Å². The average molecular weight is 244 g/mol. The summed E-state index contributed by atoms with van der Waals surface area (Å²) in [5.41, 5.74) is 2.11. The van der Waals surface area contributed by atoms with Gasteiger partial charge in [0.2, 0.25) is 5.91 Å².